The molecule has 1 atom stereocenters. The zero-order valence-electron chi connectivity index (χ0n) is 15.5. The zero-order chi connectivity index (χ0) is 19.2. The van der Waals surface area contributed by atoms with Crippen LogP contribution in [0, 0.1) is 0 Å². The summed E-state index contributed by atoms with van der Waals surface area (Å²) in [5.41, 5.74) is 2.60. The largest absolute Gasteiger partial charge is 0.322 e. The molecule has 2 heterocycles. The van der Waals surface area contributed by atoms with Crippen molar-refractivity contribution in [1.29, 1.82) is 0 Å². The molecule has 2 amide bonds. The number of carbonyl (C=O) groups excluding carboxylic acids is 2. The summed E-state index contributed by atoms with van der Waals surface area (Å²) in [4.78, 5) is 32.2. The molecule has 6 heteroatoms. The van der Waals surface area contributed by atoms with E-state index in [1.165, 1.54) is 17.3 Å². The van der Waals surface area contributed by atoms with Gasteiger partial charge in [-0.2, -0.15) is 0 Å². The first-order valence-electron chi connectivity index (χ1n) is 8.94. The number of thioether (sulfide) groups is 1. The molecule has 0 saturated carbocycles. The molecule has 2 aromatic rings. The molecule has 0 spiro atoms. The second kappa shape index (κ2) is 6.53. The van der Waals surface area contributed by atoms with Gasteiger partial charge in [-0.3, -0.25) is 14.5 Å². The summed E-state index contributed by atoms with van der Waals surface area (Å²) in [7, 11) is 0. The Morgan fingerprint density at radius 3 is 2.67 bits per heavy atom. The standard InChI is InChI=1S/C21H21N3O2S/c1-13(27-18-12-14-8-4-5-9-15(14)22-18)19(25)24-17-11-7-6-10-16(17)23-20(26)21(24,2)3/h4-11,13H,12H2,1-3H3,(H,23,26). The Bertz CT molecular complexity index is 967. The number of carbonyl (C=O) groups is 2. The number of hydrogen-bond acceptors (Lipinski definition) is 4. The highest BCUT2D eigenvalue weighted by atomic mass is 32.2. The number of benzene rings is 2. The van der Waals surface area contributed by atoms with Crippen LogP contribution in [0.2, 0.25) is 0 Å². The third-order valence-corrected chi connectivity index (χ3v) is 6.03. The Hall–Kier alpha value is -2.60. The number of amides is 2. The molecule has 0 fully saturated rings. The third-order valence-electron chi connectivity index (χ3n) is 4.97. The highest BCUT2D eigenvalue weighted by molar-refractivity contribution is 8.15. The van der Waals surface area contributed by atoms with Crippen LogP contribution in [-0.2, 0) is 16.0 Å². The summed E-state index contributed by atoms with van der Waals surface area (Å²) in [5.74, 6) is -0.275. The molecule has 0 bridgehead atoms. The van der Waals surface area contributed by atoms with E-state index >= 15 is 0 Å². The van der Waals surface area contributed by atoms with E-state index in [2.05, 4.69) is 16.4 Å². The van der Waals surface area contributed by atoms with Crippen LogP contribution < -0.4 is 10.2 Å². The minimum atomic E-state index is -0.958. The van der Waals surface area contributed by atoms with Gasteiger partial charge < -0.3 is 5.32 Å². The maximum Gasteiger partial charge on any atom is 0.250 e. The lowest BCUT2D eigenvalue weighted by Crippen LogP contribution is -2.60. The van der Waals surface area contributed by atoms with Gasteiger partial charge in [0, 0.05) is 6.42 Å². The predicted octanol–water partition coefficient (Wildman–Crippen LogP) is 4.16. The van der Waals surface area contributed by atoms with E-state index in [-0.39, 0.29) is 17.1 Å². The van der Waals surface area contributed by atoms with Crippen LogP contribution in [0.4, 0.5) is 17.1 Å². The maximum absolute atomic E-state index is 13.4. The quantitative estimate of drug-likeness (QED) is 0.852. The molecule has 0 aromatic heterocycles. The first-order chi connectivity index (χ1) is 12.9. The second-order valence-corrected chi connectivity index (χ2v) is 8.69. The van der Waals surface area contributed by atoms with Crippen molar-refractivity contribution in [2.75, 3.05) is 10.2 Å². The molecule has 5 nitrogen and oxygen atoms in total. The van der Waals surface area contributed by atoms with Gasteiger partial charge in [0.05, 0.1) is 27.4 Å². The van der Waals surface area contributed by atoms with E-state index in [1.807, 2.05) is 49.4 Å². The number of hydrogen-bond donors (Lipinski definition) is 1. The highest BCUT2D eigenvalue weighted by Crippen LogP contribution is 2.39. The van der Waals surface area contributed by atoms with Gasteiger partial charge in [0.15, 0.2) is 0 Å². The van der Waals surface area contributed by atoms with Gasteiger partial charge in [-0.15, -0.1) is 0 Å². The van der Waals surface area contributed by atoms with Crippen molar-refractivity contribution >= 4 is 45.7 Å². The highest BCUT2D eigenvalue weighted by Gasteiger charge is 2.44. The molecule has 2 aliphatic rings. The molecule has 1 unspecified atom stereocenters. The van der Waals surface area contributed by atoms with Crippen LogP contribution in [0.3, 0.4) is 0 Å². The summed E-state index contributed by atoms with van der Waals surface area (Å²) in [6.07, 6.45) is 0.749. The monoisotopic (exact) mass is 379 g/mol. The number of nitrogens with zero attached hydrogens (tertiary/aromatic N) is 2. The van der Waals surface area contributed by atoms with Crippen molar-refractivity contribution in [2.24, 2.45) is 4.99 Å². The molecule has 138 valence electrons. The topological polar surface area (TPSA) is 61.8 Å². The van der Waals surface area contributed by atoms with Crippen LogP contribution in [-0.4, -0.2) is 27.6 Å². The molecule has 2 aromatic carbocycles. The van der Waals surface area contributed by atoms with E-state index in [4.69, 9.17) is 0 Å². The number of aliphatic imine (C=N–C) groups is 1. The van der Waals surface area contributed by atoms with E-state index in [9.17, 15) is 9.59 Å². The van der Waals surface area contributed by atoms with E-state index in [0.29, 0.717) is 5.69 Å². The van der Waals surface area contributed by atoms with Gasteiger partial charge in [0.2, 0.25) is 11.8 Å². The lowest BCUT2D eigenvalue weighted by molar-refractivity contribution is -0.126. The van der Waals surface area contributed by atoms with Gasteiger partial charge in [-0.1, -0.05) is 42.1 Å². The van der Waals surface area contributed by atoms with Crippen molar-refractivity contribution in [1.82, 2.24) is 0 Å². The minimum absolute atomic E-state index is 0.0917. The van der Waals surface area contributed by atoms with Crippen molar-refractivity contribution in [3.63, 3.8) is 0 Å². The number of nitrogens with one attached hydrogen (secondary N) is 1. The first-order valence-corrected chi connectivity index (χ1v) is 9.82. The molecular weight excluding hydrogens is 358 g/mol. The number of fused-ring (bicyclic) bond motifs is 2. The summed E-state index contributed by atoms with van der Waals surface area (Å²) < 4.78 is 0. The van der Waals surface area contributed by atoms with Crippen molar-refractivity contribution in [3.8, 4) is 0 Å². The van der Waals surface area contributed by atoms with Gasteiger partial charge in [-0.25, -0.2) is 4.99 Å². The fourth-order valence-electron chi connectivity index (χ4n) is 3.46. The molecule has 27 heavy (non-hydrogen) atoms. The van der Waals surface area contributed by atoms with Crippen LogP contribution >= 0.6 is 11.8 Å². The van der Waals surface area contributed by atoms with E-state index in [1.54, 1.807) is 18.7 Å². The Balaban J connectivity index is 1.59. The zero-order valence-corrected chi connectivity index (χ0v) is 16.3. The normalized spacial score (nSPS) is 18.3. The molecule has 0 saturated heterocycles. The molecule has 1 N–H and O–H groups in total. The van der Waals surface area contributed by atoms with E-state index < -0.39 is 5.54 Å². The van der Waals surface area contributed by atoms with Gasteiger partial charge >= 0.3 is 0 Å². The smallest absolute Gasteiger partial charge is 0.250 e. The molecular formula is C21H21N3O2S. The van der Waals surface area contributed by atoms with Crippen molar-refractivity contribution in [2.45, 2.75) is 38.0 Å². The second-order valence-electron chi connectivity index (χ2n) is 7.28. The minimum Gasteiger partial charge on any atom is -0.322 e. The molecule has 0 radical (unpaired) electrons. The Labute approximate surface area is 162 Å². The lowest BCUT2D eigenvalue weighted by Gasteiger charge is -2.43. The maximum atomic E-state index is 13.4. The average Bonchev–Trinajstić information content (AvgIpc) is 3.04. The van der Waals surface area contributed by atoms with Crippen LogP contribution in [0.25, 0.3) is 0 Å². The van der Waals surface area contributed by atoms with Gasteiger partial charge in [0.25, 0.3) is 0 Å². The number of rotatable bonds is 2. The summed E-state index contributed by atoms with van der Waals surface area (Å²) >= 11 is 1.47. The van der Waals surface area contributed by atoms with Gasteiger partial charge in [-0.05, 0) is 44.5 Å². The Morgan fingerprint density at radius 1 is 1.19 bits per heavy atom. The molecule has 2 aliphatic heterocycles. The van der Waals surface area contributed by atoms with Crippen molar-refractivity contribution < 1.29 is 9.59 Å². The summed E-state index contributed by atoms with van der Waals surface area (Å²) in [5, 5.41) is 3.48. The predicted molar refractivity (Wildman–Crippen MR) is 111 cm³/mol. The average molecular weight is 379 g/mol. The van der Waals surface area contributed by atoms with E-state index in [0.717, 1.165) is 22.8 Å². The third kappa shape index (κ3) is 3.04. The number of para-hydroxylation sites is 3. The van der Waals surface area contributed by atoms with Gasteiger partial charge in [0.1, 0.15) is 5.54 Å². The Morgan fingerprint density at radius 2 is 1.89 bits per heavy atom. The summed E-state index contributed by atoms with van der Waals surface area (Å²) in [6, 6.07) is 15.4. The number of anilines is 2. The molecule has 0 aliphatic carbocycles. The summed E-state index contributed by atoms with van der Waals surface area (Å²) in [6.45, 7) is 5.43. The van der Waals surface area contributed by atoms with Crippen LogP contribution in [0.1, 0.15) is 26.3 Å². The van der Waals surface area contributed by atoms with Crippen LogP contribution in [0.5, 0.6) is 0 Å². The lowest BCUT2D eigenvalue weighted by atomic mass is 9.96. The first kappa shape index (κ1) is 17.8. The SMILES string of the molecule is CC(SC1=Nc2ccccc2C1)C(=O)N1c2ccccc2NC(=O)C1(C)C. The van der Waals surface area contributed by atoms with Crippen molar-refractivity contribution in [3.05, 3.63) is 54.1 Å². The van der Waals surface area contributed by atoms with Crippen LogP contribution in [0.15, 0.2) is 53.5 Å². The fraction of sp³-hybridized carbons (Fsp3) is 0.286. The Kier molecular flexibility index (Phi) is 4.30. The molecule has 4 rings (SSSR count). The fourth-order valence-corrected chi connectivity index (χ4v) is 4.46.